The lowest BCUT2D eigenvalue weighted by Crippen LogP contribution is -2.67. The number of cyclic esters (lactones) is 1. The lowest BCUT2D eigenvalue weighted by molar-refractivity contribution is -0.229. The smallest absolute Gasteiger partial charge is 0.339 e. The molecule has 0 spiro atoms. The quantitative estimate of drug-likeness (QED) is 0.123. The molecular weight excluding hydrogens is 577 g/mol. The number of carbonyl (C=O) groups is 2. The van der Waals surface area contributed by atoms with Crippen molar-refractivity contribution in [3.05, 3.63) is 11.6 Å². The highest BCUT2D eigenvalue weighted by atomic mass is 28.4. The molecule has 238 valence electrons. The Hall–Kier alpha value is -0.869. The molecule has 0 aromatic heterocycles. The van der Waals surface area contributed by atoms with Crippen LogP contribution >= 0.6 is 0 Å². The molecule has 1 unspecified atom stereocenters. The van der Waals surface area contributed by atoms with Crippen molar-refractivity contribution in [2.45, 2.75) is 128 Å². The van der Waals surface area contributed by atoms with Gasteiger partial charge in [0.1, 0.15) is 18.5 Å². The van der Waals surface area contributed by atoms with E-state index in [9.17, 15) is 19.8 Å². The van der Waals surface area contributed by atoms with E-state index in [1.807, 2.05) is 6.92 Å². The highest BCUT2D eigenvalue weighted by molar-refractivity contribution is 6.76. The number of hydrogen-bond donors (Lipinski definition) is 2. The van der Waals surface area contributed by atoms with Gasteiger partial charge in [0.25, 0.3) is 0 Å². The second-order valence-electron chi connectivity index (χ2n) is 15.7. The first-order chi connectivity index (χ1) is 18.5. The van der Waals surface area contributed by atoms with Crippen LogP contribution in [0.1, 0.15) is 34.1 Å². The van der Waals surface area contributed by atoms with Gasteiger partial charge in [-0.2, -0.15) is 0 Å². The topological polar surface area (TPSA) is 121 Å². The highest BCUT2D eigenvalue weighted by Gasteiger charge is 2.63. The molecule has 1 heterocycles. The molecule has 1 aliphatic carbocycles. The number of ether oxygens (including phenoxy) is 4. The minimum Gasteiger partial charge on any atom is -0.466 e. The van der Waals surface area contributed by atoms with Gasteiger partial charge in [0.15, 0.2) is 8.32 Å². The monoisotopic (exact) mass is 632 g/mol. The van der Waals surface area contributed by atoms with Gasteiger partial charge < -0.3 is 33.6 Å². The van der Waals surface area contributed by atoms with E-state index in [1.165, 1.54) is 0 Å². The Bertz CT molecular complexity index is 949. The predicted octanol–water partition coefficient (Wildman–Crippen LogP) is 5.14. The molecule has 1 saturated carbocycles. The molecular formula is C29H56O9Si3. The van der Waals surface area contributed by atoms with Crippen LogP contribution in [0.15, 0.2) is 11.6 Å². The number of aliphatic hydroxyl groups is 2. The molecule has 2 rings (SSSR count). The molecule has 2 N–H and O–H groups in total. The third-order valence-corrected chi connectivity index (χ3v) is 16.4. The summed E-state index contributed by atoms with van der Waals surface area (Å²) in [5.74, 6) is -2.84. The molecule has 1 aliphatic heterocycles. The van der Waals surface area contributed by atoms with Crippen molar-refractivity contribution in [3.8, 4) is 0 Å². The Balaban J connectivity index is 2.53. The predicted molar refractivity (Wildman–Crippen MR) is 167 cm³/mol. The van der Waals surface area contributed by atoms with Gasteiger partial charge in [-0.05, 0) is 48.6 Å². The summed E-state index contributed by atoms with van der Waals surface area (Å²) in [5, 5.41) is 22.6. The standard InChI is InChI=1S/C29H56O9Si3/c1-20-17-21(26(31)35-14-16-40(8,9)10)29(33,22-18-23(30)37-27(22)32)25(36-19-34-13-15-39(5,6)7)24(20)38-41(11,12)28(2,3)4/h18,20-21,23-25,30,33H,13-17,19H2,1-12H3/t20-,21-,23?,24+,25+,29-/m0/s1. The molecule has 0 saturated heterocycles. The van der Waals surface area contributed by atoms with Gasteiger partial charge >= 0.3 is 11.9 Å². The maximum absolute atomic E-state index is 13.7. The molecule has 1 fully saturated rings. The third kappa shape index (κ3) is 9.56. The summed E-state index contributed by atoms with van der Waals surface area (Å²) >= 11 is 0. The summed E-state index contributed by atoms with van der Waals surface area (Å²) in [5.41, 5.74) is -2.37. The third-order valence-electron chi connectivity index (χ3n) is 8.57. The summed E-state index contributed by atoms with van der Waals surface area (Å²) in [4.78, 5) is 26.6. The van der Waals surface area contributed by atoms with Crippen molar-refractivity contribution in [3.63, 3.8) is 0 Å². The second-order valence-corrected chi connectivity index (χ2v) is 31.7. The molecule has 0 radical (unpaired) electrons. The van der Waals surface area contributed by atoms with Crippen molar-refractivity contribution in [2.24, 2.45) is 11.8 Å². The van der Waals surface area contributed by atoms with E-state index in [1.54, 1.807) is 0 Å². The van der Waals surface area contributed by atoms with E-state index in [0.717, 1.165) is 18.2 Å². The molecule has 9 nitrogen and oxygen atoms in total. The minimum atomic E-state index is -2.40. The fraction of sp³-hybridized carbons (Fsp3) is 0.862. The lowest BCUT2D eigenvalue weighted by Gasteiger charge is -2.52. The first kappa shape index (κ1) is 36.3. The van der Waals surface area contributed by atoms with Crippen molar-refractivity contribution >= 4 is 36.4 Å². The van der Waals surface area contributed by atoms with Gasteiger partial charge in [0.2, 0.25) is 6.29 Å². The van der Waals surface area contributed by atoms with Crippen LogP contribution in [0, 0.1) is 11.8 Å². The zero-order valence-electron chi connectivity index (χ0n) is 27.5. The van der Waals surface area contributed by atoms with E-state index in [2.05, 4.69) is 73.1 Å². The van der Waals surface area contributed by atoms with Crippen LogP contribution in [0.2, 0.25) is 69.5 Å². The SMILES string of the molecule is C[C@H]1C[C@@H](C(=O)OCC[Si](C)(C)C)[C@](O)(C2=CC(O)OC2=O)[C@H](OCOCC[Si](C)(C)C)[C@@H]1O[Si](C)(C)C(C)(C)C. The zero-order valence-corrected chi connectivity index (χ0v) is 30.5. The van der Waals surface area contributed by atoms with E-state index in [-0.39, 0.29) is 36.3 Å². The maximum Gasteiger partial charge on any atom is 0.339 e. The number of esters is 2. The van der Waals surface area contributed by atoms with Crippen molar-refractivity contribution in [2.75, 3.05) is 20.0 Å². The first-order valence-electron chi connectivity index (χ1n) is 14.9. The molecule has 41 heavy (non-hydrogen) atoms. The van der Waals surface area contributed by atoms with E-state index < -0.39 is 66.4 Å². The van der Waals surface area contributed by atoms with Gasteiger partial charge in [-0.1, -0.05) is 67.0 Å². The fourth-order valence-electron chi connectivity index (χ4n) is 4.80. The Morgan fingerprint density at radius 3 is 2.10 bits per heavy atom. The number of rotatable bonds is 13. The normalized spacial score (nSPS) is 29.8. The number of hydrogen-bond acceptors (Lipinski definition) is 9. The number of aliphatic hydroxyl groups excluding tert-OH is 1. The Kier molecular flexibility index (Phi) is 11.9. The summed E-state index contributed by atoms with van der Waals surface area (Å²) < 4.78 is 29.7. The van der Waals surface area contributed by atoms with E-state index >= 15 is 0 Å². The Morgan fingerprint density at radius 2 is 1.61 bits per heavy atom. The molecule has 6 atom stereocenters. The average molecular weight is 633 g/mol. The van der Waals surface area contributed by atoms with Crippen LogP contribution in [-0.2, 0) is 33.0 Å². The van der Waals surface area contributed by atoms with Gasteiger partial charge in [-0.25, -0.2) is 4.79 Å². The van der Waals surface area contributed by atoms with Gasteiger partial charge in [-0.3, -0.25) is 4.79 Å². The summed E-state index contributed by atoms with van der Waals surface area (Å²) in [7, 11) is -5.24. The van der Waals surface area contributed by atoms with Crippen LogP contribution < -0.4 is 0 Å². The molecule has 0 aromatic rings. The summed E-state index contributed by atoms with van der Waals surface area (Å²) in [6, 6.07) is 1.70. The summed E-state index contributed by atoms with van der Waals surface area (Å²) in [6.07, 6.45) is -1.96. The minimum absolute atomic E-state index is 0.141. The Morgan fingerprint density at radius 1 is 1.05 bits per heavy atom. The highest BCUT2D eigenvalue weighted by Crippen LogP contribution is 2.49. The second kappa shape index (κ2) is 13.4. The van der Waals surface area contributed by atoms with Crippen LogP contribution in [0.3, 0.4) is 0 Å². The fourth-order valence-corrected chi connectivity index (χ4v) is 7.66. The molecule has 12 heteroatoms. The van der Waals surface area contributed by atoms with Gasteiger partial charge in [-0.15, -0.1) is 0 Å². The van der Waals surface area contributed by atoms with Crippen molar-refractivity contribution in [1.82, 2.24) is 0 Å². The van der Waals surface area contributed by atoms with E-state index in [0.29, 0.717) is 6.61 Å². The first-order valence-corrected chi connectivity index (χ1v) is 25.2. The van der Waals surface area contributed by atoms with Crippen molar-refractivity contribution in [1.29, 1.82) is 0 Å². The molecule has 2 aliphatic rings. The average Bonchev–Trinajstić information content (AvgIpc) is 3.13. The zero-order chi connectivity index (χ0) is 31.6. The van der Waals surface area contributed by atoms with Crippen LogP contribution in [0.25, 0.3) is 0 Å². The van der Waals surface area contributed by atoms with Crippen LogP contribution in [0.4, 0.5) is 0 Å². The lowest BCUT2D eigenvalue weighted by atomic mass is 9.64. The Labute approximate surface area is 250 Å². The molecule has 0 bridgehead atoms. The van der Waals surface area contributed by atoms with Crippen LogP contribution in [0.5, 0.6) is 0 Å². The summed E-state index contributed by atoms with van der Waals surface area (Å²) in [6.45, 7) is 26.5. The van der Waals surface area contributed by atoms with E-state index in [4.69, 9.17) is 23.4 Å². The van der Waals surface area contributed by atoms with Crippen LogP contribution in [-0.4, -0.2) is 90.7 Å². The van der Waals surface area contributed by atoms with Gasteiger partial charge in [0, 0.05) is 22.8 Å². The molecule has 0 aromatic carbocycles. The molecule has 0 amide bonds. The van der Waals surface area contributed by atoms with Gasteiger partial charge in [0.05, 0.1) is 24.2 Å². The van der Waals surface area contributed by atoms with Crippen molar-refractivity contribution < 1.29 is 43.2 Å². The largest absolute Gasteiger partial charge is 0.466 e. The maximum atomic E-state index is 13.7. The number of carbonyl (C=O) groups excluding carboxylic acids is 2.